The number of halogens is 1. The third-order valence-electron chi connectivity index (χ3n) is 4.08. The minimum atomic E-state index is -3.55. The average Bonchev–Trinajstić information content (AvgIpc) is 3.11. The second-order valence-electron chi connectivity index (χ2n) is 5.99. The number of rotatable bonds is 5. The first kappa shape index (κ1) is 16.0. The summed E-state index contributed by atoms with van der Waals surface area (Å²) in [7, 11) is -3.55. The Kier molecular flexibility index (Phi) is 4.56. The van der Waals surface area contributed by atoms with Crippen LogP contribution in [0.5, 0.6) is 0 Å². The van der Waals surface area contributed by atoms with Gasteiger partial charge in [-0.25, -0.2) is 13.1 Å². The molecule has 1 aromatic carbocycles. The number of hydrogen-bond donors (Lipinski definition) is 2. The van der Waals surface area contributed by atoms with Gasteiger partial charge in [0.05, 0.1) is 10.5 Å². The fraction of sp³-hybridized carbons (Fsp3) is 0.533. The van der Waals surface area contributed by atoms with E-state index in [0.29, 0.717) is 10.0 Å². The molecule has 5 nitrogen and oxygen atoms in total. The zero-order valence-electron chi connectivity index (χ0n) is 12.1. The molecule has 0 aromatic heterocycles. The van der Waals surface area contributed by atoms with Crippen molar-refractivity contribution >= 4 is 31.9 Å². The van der Waals surface area contributed by atoms with Gasteiger partial charge in [-0.2, -0.15) is 0 Å². The van der Waals surface area contributed by atoms with Crippen LogP contribution in [0.4, 0.5) is 0 Å². The Morgan fingerprint density at radius 1 is 1.09 bits per heavy atom. The molecule has 120 valence electrons. The Bertz CT molecular complexity index is 680. The van der Waals surface area contributed by atoms with Crippen LogP contribution in [0.1, 0.15) is 48.9 Å². The molecule has 1 aromatic rings. The molecule has 0 atom stereocenters. The summed E-state index contributed by atoms with van der Waals surface area (Å²) in [4.78, 5) is 12.5. The summed E-state index contributed by atoms with van der Waals surface area (Å²) in [5.41, 5.74) is 0.366. The number of sulfonamides is 1. The number of benzene rings is 1. The highest BCUT2D eigenvalue weighted by Crippen LogP contribution is 2.25. The van der Waals surface area contributed by atoms with Crippen LogP contribution in [0, 0.1) is 0 Å². The molecule has 2 aliphatic carbocycles. The van der Waals surface area contributed by atoms with Gasteiger partial charge < -0.3 is 5.32 Å². The van der Waals surface area contributed by atoms with E-state index in [1.807, 2.05) is 0 Å². The van der Waals surface area contributed by atoms with E-state index in [1.54, 1.807) is 6.07 Å². The summed E-state index contributed by atoms with van der Waals surface area (Å²) >= 11 is 3.33. The molecule has 2 saturated carbocycles. The third kappa shape index (κ3) is 3.70. The molecule has 22 heavy (non-hydrogen) atoms. The number of amides is 1. The minimum Gasteiger partial charge on any atom is -0.349 e. The maximum atomic E-state index is 12.4. The van der Waals surface area contributed by atoms with Gasteiger partial charge in [-0.05, 0) is 59.8 Å². The van der Waals surface area contributed by atoms with Crippen molar-refractivity contribution in [1.82, 2.24) is 10.0 Å². The first-order valence-corrected chi connectivity index (χ1v) is 9.86. The number of nitrogens with one attached hydrogen (secondary N) is 2. The second-order valence-corrected chi connectivity index (χ2v) is 8.56. The van der Waals surface area contributed by atoms with E-state index >= 15 is 0 Å². The summed E-state index contributed by atoms with van der Waals surface area (Å²) < 4.78 is 27.7. The lowest BCUT2D eigenvalue weighted by atomic mass is 10.2. The smallest absolute Gasteiger partial charge is 0.252 e. The molecule has 0 bridgehead atoms. The normalized spacial score (nSPS) is 19.3. The van der Waals surface area contributed by atoms with Crippen molar-refractivity contribution in [3.8, 4) is 0 Å². The lowest BCUT2D eigenvalue weighted by Crippen LogP contribution is -2.33. The average molecular weight is 387 g/mol. The molecule has 2 N–H and O–H groups in total. The minimum absolute atomic E-state index is 0.0458. The molecule has 0 unspecified atom stereocenters. The summed E-state index contributed by atoms with van der Waals surface area (Å²) in [5, 5.41) is 2.98. The summed E-state index contributed by atoms with van der Waals surface area (Å²) in [6.07, 6.45) is 6.00. The molecular weight excluding hydrogens is 368 g/mol. The molecule has 0 spiro atoms. The quantitative estimate of drug-likeness (QED) is 0.816. The fourth-order valence-corrected chi connectivity index (χ4v) is 4.42. The van der Waals surface area contributed by atoms with Crippen molar-refractivity contribution < 1.29 is 13.2 Å². The van der Waals surface area contributed by atoms with E-state index in [0.717, 1.165) is 38.5 Å². The van der Waals surface area contributed by atoms with Crippen molar-refractivity contribution in [3.63, 3.8) is 0 Å². The SMILES string of the molecule is O=C(NC1CCCC1)c1cc(S(=O)(=O)NC2CC2)ccc1Br. The Hall–Kier alpha value is -0.920. The lowest BCUT2D eigenvalue weighted by molar-refractivity contribution is 0.0937. The summed E-state index contributed by atoms with van der Waals surface area (Å²) in [5.74, 6) is -0.220. The molecule has 0 aliphatic heterocycles. The molecule has 0 heterocycles. The van der Waals surface area contributed by atoms with Gasteiger partial charge in [0.1, 0.15) is 0 Å². The Morgan fingerprint density at radius 2 is 1.77 bits per heavy atom. The van der Waals surface area contributed by atoms with Crippen LogP contribution in [0.3, 0.4) is 0 Å². The van der Waals surface area contributed by atoms with E-state index in [2.05, 4.69) is 26.0 Å². The van der Waals surface area contributed by atoms with Crippen LogP contribution in [0.2, 0.25) is 0 Å². The van der Waals surface area contributed by atoms with Gasteiger partial charge in [0.25, 0.3) is 5.91 Å². The molecule has 3 rings (SSSR count). The molecular formula is C15H19BrN2O3S. The number of hydrogen-bond acceptors (Lipinski definition) is 3. The van der Waals surface area contributed by atoms with Crippen LogP contribution in [-0.4, -0.2) is 26.4 Å². The van der Waals surface area contributed by atoms with Gasteiger partial charge >= 0.3 is 0 Å². The van der Waals surface area contributed by atoms with Crippen molar-refractivity contribution in [2.24, 2.45) is 0 Å². The molecule has 2 fully saturated rings. The monoisotopic (exact) mass is 386 g/mol. The maximum Gasteiger partial charge on any atom is 0.252 e. The topological polar surface area (TPSA) is 75.3 Å². The van der Waals surface area contributed by atoms with Gasteiger partial charge in [-0.3, -0.25) is 4.79 Å². The van der Waals surface area contributed by atoms with Crippen LogP contribution < -0.4 is 10.0 Å². The van der Waals surface area contributed by atoms with Gasteiger partial charge in [0.15, 0.2) is 0 Å². The van der Waals surface area contributed by atoms with E-state index < -0.39 is 10.0 Å². The van der Waals surface area contributed by atoms with E-state index in [1.165, 1.54) is 12.1 Å². The van der Waals surface area contributed by atoms with Gasteiger partial charge in [0, 0.05) is 16.6 Å². The predicted octanol–water partition coefficient (Wildman–Crippen LogP) is 2.56. The summed E-state index contributed by atoms with van der Waals surface area (Å²) in [6, 6.07) is 4.82. The third-order valence-corrected chi connectivity index (χ3v) is 6.29. The van der Waals surface area contributed by atoms with E-state index in [9.17, 15) is 13.2 Å². The zero-order chi connectivity index (χ0) is 15.7. The highest BCUT2D eigenvalue weighted by molar-refractivity contribution is 9.10. The largest absolute Gasteiger partial charge is 0.349 e. The van der Waals surface area contributed by atoms with Crippen molar-refractivity contribution in [1.29, 1.82) is 0 Å². The second kappa shape index (κ2) is 6.29. The van der Waals surface area contributed by atoms with Crippen molar-refractivity contribution in [3.05, 3.63) is 28.2 Å². The highest BCUT2D eigenvalue weighted by atomic mass is 79.9. The first-order chi connectivity index (χ1) is 10.5. The summed E-state index contributed by atoms with van der Waals surface area (Å²) in [6.45, 7) is 0. The predicted molar refractivity (Wildman–Crippen MR) is 87.2 cm³/mol. The molecule has 0 saturated heterocycles. The van der Waals surface area contributed by atoms with Gasteiger partial charge in [-0.15, -0.1) is 0 Å². The standard InChI is InChI=1S/C15H19BrN2O3S/c16-14-8-7-12(22(20,21)18-11-5-6-11)9-13(14)15(19)17-10-3-1-2-4-10/h7-11,18H,1-6H2,(H,17,19). The Morgan fingerprint density at radius 3 is 2.41 bits per heavy atom. The maximum absolute atomic E-state index is 12.4. The van der Waals surface area contributed by atoms with Crippen molar-refractivity contribution in [2.75, 3.05) is 0 Å². The Labute approximate surface area is 139 Å². The van der Waals surface area contributed by atoms with E-state index in [-0.39, 0.29) is 22.9 Å². The number of carbonyl (C=O) groups excluding carboxylic acids is 1. The lowest BCUT2D eigenvalue weighted by Gasteiger charge is -2.14. The van der Waals surface area contributed by atoms with Gasteiger partial charge in [-0.1, -0.05) is 12.8 Å². The van der Waals surface area contributed by atoms with E-state index in [4.69, 9.17) is 0 Å². The zero-order valence-corrected chi connectivity index (χ0v) is 14.5. The number of carbonyl (C=O) groups is 1. The molecule has 2 aliphatic rings. The molecule has 1 amide bonds. The van der Waals surface area contributed by atoms with Gasteiger partial charge in [0.2, 0.25) is 10.0 Å². The molecule has 7 heteroatoms. The van der Waals surface area contributed by atoms with Crippen molar-refractivity contribution in [2.45, 2.75) is 55.5 Å². The van der Waals surface area contributed by atoms with Crippen LogP contribution in [0.15, 0.2) is 27.6 Å². The highest BCUT2D eigenvalue weighted by Gasteiger charge is 2.29. The fourth-order valence-electron chi connectivity index (χ4n) is 2.67. The van der Waals surface area contributed by atoms with Crippen LogP contribution >= 0.6 is 15.9 Å². The molecule has 0 radical (unpaired) electrons. The first-order valence-electron chi connectivity index (χ1n) is 7.58. The Balaban J connectivity index is 1.81. The van der Waals surface area contributed by atoms with Crippen LogP contribution in [-0.2, 0) is 10.0 Å². The van der Waals surface area contributed by atoms with Crippen LogP contribution in [0.25, 0.3) is 0 Å².